The lowest BCUT2D eigenvalue weighted by Crippen LogP contribution is -2.53. The first-order chi connectivity index (χ1) is 11.4. The number of nitrogens with two attached hydrogens (primary N) is 1. The molecule has 0 radical (unpaired) electrons. The molecule has 1 amide bonds. The number of carbonyl (C=O) groups is 1. The molecule has 7 heteroatoms. The van der Waals surface area contributed by atoms with Crippen LogP contribution >= 0.6 is 11.6 Å². The van der Waals surface area contributed by atoms with Crippen molar-refractivity contribution in [3.8, 4) is 0 Å². The van der Waals surface area contributed by atoms with Gasteiger partial charge in [0.1, 0.15) is 0 Å². The molecule has 0 aromatic heterocycles. The van der Waals surface area contributed by atoms with Gasteiger partial charge in [-0.2, -0.15) is 0 Å². The molecule has 0 bridgehead atoms. The number of hydrogen-bond donors (Lipinski definition) is 2. The van der Waals surface area contributed by atoms with E-state index in [-0.39, 0.29) is 10.9 Å². The van der Waals surface area contributed by atoms with Gasteiger partial charge in [-0.15, -0.1) is 0 Å². The van der Waals surface area contributed by atoms with Crippen LogP contribution in [0.3, 0.4) is 0 Å². The molecular formula is C17H23ClN2O3S. The van der Waals surface area contributed by atoms with Gasteiger partial charge in [-0.1, -0.05) is 24.4 Å². The molecule has 3 rings (SSSR count). The topological polar surface area (TPSA) is 89.3 Å². The molecule has 132 valence electrons. The number of nitrogens with one attached hydrogen (secondary N) is 1. The summed E-state index contributed by atoms with van der Waals surface area (Å²) in [4.78, 5) is 13.0. The van der Waals surface area contributed by atoms with Crippen LogP contribution in [0.1, 0.15) is 38.5 Å². The van der Waals surface area contributed by atoms with Gasteiger partial charge in [-0.05, 0) is 55.9 Å². The molecule has 1 aromatic carbocycles. The molecule has 2 aliphatic carbocycles. The molecule has 2 fully saturated rings. The fraction of sp³-hybridized carbons (Fsp3) is 0.588. The lowest BCUT2D eigenvalue weighted by molar-refractivity contribution is -0.123. The Hall–Kier alpha value is -1.11. The van der Waals surface area contributed by atoms with Crippen molar-refractivity contribution in [3.05, 3.63) is 29.3 Å². The van der Waals surface area contributed by atoms with Gasteiger partial charge in [0.15, 0.2) is 14.6 Å². The number of amides is 1. The Kier molecular flexibility index (Phi) is 4.91. The molecule has 1 aromatic rings. The van der Waals surface area contributed by atoms with Crippen LogP contribution in [-0.2, 0) is 14.6 Å². The lowest BCUT2D eigenvalue weighted by atomic mass is 10.1. The predicted octanol–water partition coefficient (Wildman–Crippen LogP) is 2.28. The third kappa shape index (κ3) is 3.19. The minimum absolute atomic E-state index is 0.0920. The zero-order valence-electron chi connectivity index (χ0n) is 13.5. The first-order valence-electron chi connectivity index (χ1n) is 8.41. The Labute approximate surface area is 147 Å². The van der Waals surface area contributed by atoms with E-state index in [0.717, 1.165) is 25.7 Å². The van der Waals surface area contributed by atoms with Gasteiger partial charge < -0.3 is 11.1 Å². The van der Waals surface area contributed by atoms with Crippen molar-refractivity contribution in [2.75, 3.05) is 6.54 Å². The summed E-state index contributed by atoms with van der Waals surface area (Å²) in [5.41, 5.74) is 6.03. The molecule has 0 heterocycles. The van der Waals surface area contributed by atoms with Gasteiger partial charge in [0.25, 0.3) is 0 Å². The summed E-state index contributed by atoms with van der Waals surface area (Å²) in [6, 6.07) is 5.93. The summed E-state index contributed by atoms with van der Waals surface area (Å²) < 4.78 is 24.9. The largest absolute Gasteiger partial charge is 0.353 e. The van der Waals surface area contributed by atoms with Crippen molar-refractivity contribution in [1.82, 2.24) is 5.32 Å². The number of carbonyl (C=O) groups excluding carboxylic acids is 1. The number of sulfone groups is 1. The van der Waals surface area contributed by atoms with Crippen molar-refractivity contribution in [2.45, 2.75) is 54.2 Å². The highest BCUT2D eigenvalue weighted by molar-refractivity contribution is 7.93. The predicted molar refractivity (Wildman–Crippen MR) is 93.5 cm³/mol. The van der Waals surface area contributed by atoms with Crippen LogP contribution in [0.2, 0.25) is 5.02 Å². The van der Waals surface area contributed by atoms with Gasteiger partial charge in [0.2, 0.25) is 5.91 Å². The highest BCUT2D eigenvalue weighted by Crippen LogP contribution is 2.41. The number of benzene rings is 1. The van der Waals surface area contributed by atoms with Crippen LogP contribution < -0.4 is 11.1 Å². The Morgan fingerprint density at radius 1 is 1.25 bits per heavy atom. The summed E-state index contributed by atoms with van der Waals surface area (Å²) in [6.07, 6.45) is 4.34. The van der Waals surface area contributed by atoms with E-state index < -0.39 is 20.5 Å². The molecule has 2 aliphatic rings. The van der Waals surface area contributed by atoms with Crippen LogP contribution in [0.25, 0.3) is 0 Å². The smallest absolute Gasteiger partial charge is 0.241 e. The average molecular weight is 371 g/mol. The number of halogens is 1. The number of hydrogen-bond acceptors (Lipinski definition) is 4. The van der Waals surface area contributed by atoms with E-state index in [1.54, 1.807) is 0 Å². The van der Waals surface area contributed by atoms with Crippen molar-refractivity contribution >= 4 is 27.3 Å². The molecule has 1 atom stereocenters. The summed E-state index contributed by atoms with van der Waals surface area (Å²) in [7, 11) is -3.78. The van der Waals surface area contributed by atoms with Gasteiger partial charge >= 0.3 is 0 Å². The van der Waals surface area contributed by atoms with Crippen molar-refractivity contribution < 1.29 is 13.2 Å². The molecule has 24 heavy (non-hydrogen) atoms. The van der Waals surface area contributed by atoms with Crippen LogP contribution in [-0.4, -0.2) is 31.7 Å². The molecule has 0 saturated heterocycles. The monoisotopic (exact) mass is 370 g/mol. The minimum atomic E-state index is -3.78. The van der Waals surface area contributed by atoms with Crippen LogP contribution in [0.15, 0.2) is 29.2 Å². The SMILES string of the molecule is NC(CNC(=O)C1(S(=O)(=O)c2ccc(Cl)cc2)CCCC1)C1CC1. The molecule has 5 nitrogen and oxygen atoms in total. The first-order valence-corrected chi connectivity index (χ1v) is 10.3. The van der Waals surface area contributed by atoms with Gasteiger partial charge in [-0.3, -0.25) is 4.79 Å². The van der Waals surface area contributed by atoms with Crippen molar-refractivity contribution in [3.63, 3.8) is 0 Å². The third-order valence-electron chi connectivity index (χ3n) is 5.19. The Balaban J connectivity index is 1.83. The van der Waals surface area contributed by atoms with Gasteiger partial charge in [0.05, 0.1) is 4.90 Å². The Morgan fingerprint density at radius 3 is 2.38 bits per heavy atom. The maximum atomic E-state index is 13.2. The Bertz CT molecular complexity index is 708. The molecule has 0 aliphatic heterocycles. The van der Waals surface area contributed by atoms with Crippen LogP contribution in [0, 0.1) is 5.92 Å². The summed E-state index contributed by atoms with van der Waals surface area (Å²) in [6.45, 7) is 0.335. The second-order valence-electron chi connectivity index (χ2n) is 6.87. The fourth-order valence-electron chi connectivity index (χ4n) is 3.47. The summed E-state index contributed by atoms with van der Waals surface area (Å²) in [5.74, 6) is 0.0451. The van der Waals surface area contributed by atoms with Gasteiger partial charge in [0, 0.05) is 17.6 Å². The van der Waals surface area contributed by atoms with Crippen LogP contribution in [0.5, 0.6) is 0 Å². The zero-order valence-corrected chi connectivity index (χ0v) is 15.1. The highest BCUT2D eigenvalue weighted by Gasteiger charge is 2.52. The van der Waals surface area contributed by atoms with Gasteiger partial charge in [-0.25, -0.2) is 8.42 Å². The second kappa shape index (κ2) is 6.65. The fourth-order valence-corrected chi connectivity index (χ4v) is 5.68. The summed E-state index contributed by atoms with van der Waals surface area (Å²) >= 11 is 5.85. The van der Waals surface area contributed by atoms with E-state index in [9.17, 15) is 13.2 Å². The van der Waals surface area contributed by atoms with Crippen molar-refractivity contribution in [1.29, 1.82) is 0 Å². The first kappa shape index (κ1) is 17.7. The maximum absolute atomic E-state index is 13.2. The van der Waals surface area contributed by atoms with E-state index in [1.165, 1.54) is 24.3 Å². The zero-order chi connectivity index (χ0) is 17.4. The molecule has 0 spiro atoms. The molecule has 2 saturated carbocycles. The van der Waals surface area contributed by atoms with E-state index in [2.05, 4.69) is 5.32 Å². The molecule has 1 unspecified atom stereocenters. The molecular weight excluding hydrogens is 348 g/mol. The molecule has 3 N–H and O–H groups in total. The van der Waals surface area contributed by atoms with E-state index in [0.29, 0.717) is 30.3 Å². The quantitative estimate of drug-likeness (QED) is 0.803. The van der Waals surface area contributed by atoms with Crippen LogP contribution in [0.4, 0.5) is 0 Å². The second-order valence-corrected chi connectivity index (χ2v) is 9.57. The highest BCUT2D eigenvalue weighted by atomic mass is 35.5. The number of rotatable bonds is 6. The van der Waals surface area contributed by atoms with E-state index in [1.807, 2.05) is 0 Å². The van der Waals surface area contributed by atoms with E-state index >= 15 is 0 Å². The van der Waals surface area contributed by atoms with Crippen molar-refractivity contribution in [2.24, 2.45) is 11.7 Å². The minimum Gasteiger partial charge on any atom is -0.353 e. The Morgan fingerprint density at radius 2 is 1.83 bits per heavy atom. The lowest BCUT2D eigenvalue weighted by Gasteiger charge is -2.28. The maximum Gasteiger partial charge on any atom is 0.241 e. The average Bonchev–Trinajstić information content (AvgIpc) is 3.28. The third-order valence-corrected chi connectivity index (χ3v) is 7.96. The normalized spacial score (nSPS) is 21.4. The standard InChI is InChI=1S/C17H23ClN2O3S/c18-13-5-7-14(8-6-13)24(22,23)17(9-1-2-10-17)16(21)20-11-15(19)12-3-4-12/h5-8,12,15H,1-4,9-11,19H2,(H,20,21). The van der Waals surface area contributed by atoms with E-state index in [4.69, 9.17) is 17.3 Å². The summed E-state index contributed by atoms with van der Waals surface area (Å²) in [5, 5.41) is 3.27.